The molecule has 0 radical (unpaired) electrons. The van der Waals surface area contributed by atoms with Crippen LogP contribution >= 0.6 is 0 Å². The van der Waals surface area contributed by atoms with E-state index in [1.54, 1.807) is 13.8 Å². The lowest BCUT2D eigenvalue weighted by Crippen LogP contribution is -2.62. The number of terminal acetylenes is 1. The number of methoxy groups -OCH3 is 2. The van der Waals surface area contributed by atoms with E-state index in [2.05, 4.69) is 5.92 Å². The SMILES string of the molecule is C#C[C@H]1CO[C@@](C)(OC)[C@](C)(OC)O1. The topological polar surface area (TPSA) is 36.9 Å². The zero-order valence-corrected chi connectivity index (χ0v) is 8.99. The minimum atomic E-state index is -0.989. The molecule has 0 aromatic carbocycles. The largest absolute Gasteiger partial charge is 0.349 e. The third kappa shape index (κ3) is 1.64. The van der Waals surface area contributed by atoms with Crippen molar-refractivity contribution in [2.75, 3.05) is 20.8 Å². The Bertz CT molecular complexity index is 247. The van der Waals surface area contributed by atoms with Crippen molar-refractivity contribution in [3.63, 3.8) is 0 Å². The third-order valence-electron chi connectivity index (χ3n) is 2.67. The smallest absolute Gasteiger partial charge is 0.221 e. The molecule has 0 amide bonds. The van der Waals surface area contributed by atoms with Gasteiger partial charge in [-0.3, -0.25) is 0 Å². The van der Waals surface area contributed by atoms with E-state index in [9.17, 15) is 0 Å². The minimum absolute atomic E-state index is 0.305. The molecule has 0 N–H and O–H groups in total. The molecule has 1 aliphatic heterocycles. The molecule has 0 bridgehead atoms. The Morgan fingerprint density at radius 1 is 1.29 bits per heavy atom. The van der Waals surface area contributed by atoms with Gasteiger partial charge in [-0.15, -0.1) is 6.42 Å². The minimum Gasteiger partial charge on any atom is -0.349 e. The summed E-state index contributed by atoms with van der Waals surface area (Å²) in [5.74, 6) is 0.548. The average Bonchev–Trinajstić information content (AvgIpc) is 2.22. The van der Waals surface area contributed by atoms with Gasteiger partial charge in [-0.1, -0.05) is 5.92 Å². The summed E-state index contributed by atoms with van der Waals surface area (Å²) >= 11 is 0. The standard InChI is InChI=1S/C10H16O4/c1-6-8-7-13-9(2,11-4)10(3,12-5)14-8/h1,8H,7H2,2-5H3/t8-,9+,10+/m0/s1. The van der Waals surface area contributed by atoms with Gasteiger partial charge in [0.05, 0.1) is 6.61 Å². The van der Waals surface area contributed by atoms with Gasteiger partial charge in [-0.2, -0.15) is 0 Å². The van der Waals surface area contributed by atoms with Gasteiger partial charge in [0.2, 0.25) is 11.6 Å². The summed E-state index contributed by atoms with van der Waals surface area (Å²) in [5, 5.41) is 0. The van der Waals surface area contributed by atoms with E-state index in [4.69, 9.17) is 25.4 Å². The Hall–Kier alpha value is -0.600. The van der Waals surface area contributed by atoms with Gasteiger partial charge in [-0.05, 0) is 13.8 Å². The lowest BCUT2D eigenvalue weighted by molar-refractivity contribution is -0.424. The van der Waals surface area contributed by atoms with Gasteiger partial charge in [0.1, 0.15) is 6.10 Å². The fourth-order valence-electron chi connectivity index (χ4n) is 1.34. The zero-order chi connectivity index (χ0) is 10.8. The van der Waals surface area contributed by atoms with Gasteiger partial charge in [0.25, 0.3) is 0 Å². The van der Waals surface area contributed by atoms with Crippen molar-refractivity contribution in [1.82, 2.24) is 0 Å². The van der Waals surface area contributed by atoms with Gasteiger partial charge >= 0.3 is 0 Å². The summed E-state index contributed by atoms with van der Waals surface area (Å²) < 4.78 is 21.6. The van der Waals surface area contributed by atoms with Crippen LogP contribution in [0.3, 0.4) is 0 Å². The molecule has 80 valence electrons. The van der Waals surface area contributed by atoms with Crippen molar-refractivity contribution in [3.8, 4) is 12.3 Å². The lowest BCUT2D eigenvalue weighted by Gasteiger charge is -2.47. The van der Waals surface area contributed by atoms with E-state index in [1.165, 1.54) is 14.2 Å². The molecule has 0 aliphatic carbocycles. The maximum Gasteiger partial charge on any atom is 0.221 e. The molecule has 1 fully saturated rings. The van der Waals surface area contributed by atoms with Crippen LogP contribution in [0.15, 0.2) is 0 Å². The van der Waals surface area contributed by atoms with Crippen LogP contribution in [-0.2, 0) is 18.9 Å². The molecule has 4 nitrogen and oxygen atoms in total. The second-order valence-electron chi connectivity index (χ2n) is 3.38. The number of rotatable bonds is 2. The van der Waals surface area contributed by atoms with Crippen LogP contribution in [0, 0.1) is 12.3 Å². The van der Waals surface area contributed by atoms with E-state index >= 15 is 0 Å². The van der Waals surface area contributed by atoms with Gasteiger partial charge < -0.3 is 18.9 Å². The van der Waals surface area contributed by atoms with Gasteiger partial charge in [0.15, 0.2) is 0 Å². The highest BCUT2D eigenvalue weighted by molar-refractivity contribution is 5.00. The van der Waals surface area contributed by atoms with E-state index in [-0.39, 0.29) is 0 Å². The van der Waals surface area contributed by atoms with Crippen molar-refractivity contribution < 1.29 is 18.9 Å². The van der Waals surface area contributed by atoms with Crippen LogP contribution in [0.4, 0.5) is 0 Å². The second kappa shape index (κ2) is 3.87. The van der Waals surface area contributed by atoms with Crippen molar-refractivity contribution in [3.05, 3.63) is 0 Å². The predicted octanol–water partition coefficient (Wildman–Crippen LogP) is 0.760. The van der Waals surface area contributed by atoms with E-state index in [1.807, 2.05) is 0 Å². The molecular formula is C10H16O4. The maximum atomic E-state index is 5.57. The molecule has 14 heavy (non-hydrogen) atoms. The fourth-order valence-corrected chi connectivity index (χ4v) is 1.34. The Kier molecular flexibility index (Phi) is 3.17. The zero-order valence-electron chi connectivity index (χ0n) is 8.99. The Morgan fingerprint density at radius 2 is 1.86 bits per heavy atom. The van der Waals surface area contributed by atoms with Crippen molar-refractivity contribution in [1.29, 1.82) is 0 Å². The summed E-state index contributed by atoms with van der Waals surface area (Å²) in [6.45, 7) is 3.79. The summed E-state index contributed by atoms with van der Waals surface area (Å²) in [6, 6.07) is 0. The summed E-state index contributed by atoms with van der Waals surface area (Å²) in [5.41, 5.74) is 0. The highest BCUT2D eigenvalue weighted by Gasteiger charge is 2.53. The Labute approximate surface area is 84.5 Å². The summed E-state index contributed by atoms with van der Waals surface area (Å²) in [6.07, 6.45) is 4.86. The molecule has 0 aromatic rings. The van der Waals surface area contributed by atoms with Crippen molar-refractivity contribution in [2.45, 2.75) is 31.5 Å². The first-order valence-corrected chi connectivity index (χ1v) is 4.39. The number of hydrogen-bond acceptors (Lipinski definition) is 4. The van der Waals surface area contributed by atoms with Gasteiger partial charge in [-0.25, -0.2) is 0 Å². The van der Waals surface area contributed by atoms with Crippen LogP contribution in [0.1, 0.15) is 13.8 Å². The molecule has 0 spiro atoms. The first-order chi connectivity index (χ1) is 6.51. The first kappa shape index (κ1) is 11.5. The average molecular weight is 200 g/mol. The third-order valence-corrected chi connectivity index (χ3v) is 2.67. The van der Waals surface area contributed by atoms with E-state index in [0.717, 1.165) is 0 Å². The number of ether oxygens (including phenoxy) is 4. The van der Waals surface area contributed by atoms with Crippen LogP contribution in [0.5, 0.6) is 0 Å². The van der Waals surface area contributed by atoms with Crippen LogP contribution in [0.25, 0.3) is 0 Å². The molecule has 1 aliphatic rings. The Balaban J connectivity index is 2.88. The highest BCUT2D eigenvalue weighted by atomic mass is 16.8. The molecule has 0 aromatic heterocycles. The molecule has 0 unspecified atom stereocenters. The number of hydrogen-bond donors (Lipinski definition) is 0. The highest BCUT2D eigenvalue weighted by Crippen LogP contribution is 2.36. The van der Waals surface area contributed by atoms with Crippen molar-refractivity contribution >= 4 is 0 Å². The van der Waals surface area contributed by atoms with E-state index < -0.39 is 17.7 Å². The molecule has 1 heterocycles. The second-order valence-corrected chi connectivity index (χ2v) is 3.38. The molecule has 1 rings (SSSR count). The van der Waals surface area contributed by atoms with Crippen LogP contribution < -0.4 is 0 Å². The molecule has 4 heteroatoms. The first-order valence-electron chi connectivity index (χ1n) is 4.39. The maximum absolute atomic E-state index is 5.57. The van der Waals surface area contributed by atoms with Crippen LogP contribution in [0.2, 0.25) is 0 Å². The molecule has 3 atom stereocenters. The molecular weight excluding hydrogens is 184 g/mol. The molecule has 0 saturated carbocycles. The lowest BCUT2D eigenvalue weighted by atomic mass is 10.1. The normalized spacial score (nSPS) is 43.2. The van der Waals surface area contributed by atoms with Gasteiger partial charge in [0, 0.05) is 14.2 Å². The van der Waals surface area contributed by atoms with Crippen molar-refractivity contribution in [2.24, 2.45) is 0 Å². The predicted molar refractivity (Wildman–Crippen MR) is 50.5 cm³/mol. The summed E-state index contributed by atoms with van der Waals surface area (Å²) in [4.78, 5) is 0. The molecule has 1 saturated heterocycles. The fraction of sp³-hybridized carbons (Fsp3) is 0.800. The summed E-state index contributed by atoms with van der Waals surface area (Å²) in [7, 11) is 3.07. The van der Waals surface area contributed by atoms with Crippen LogP contribution in [-0.4, -0.2) is 38.5 Å². The quantitative estimate of drug-likeness (QED) is 0.617. The monoisotopic (exact) mass is 200 g/mol. The Morgan fingerprint density at radius 3 is 2.29 bits per heavy atom. The van der Waals surface area contributed by atoms with E-state index in [0.29, 0.717) is 6.61 Å².